The second-order valence-electron chi connectivity index (χ2n) is 7.34. The van der Waals surface area contributed by atoms with Crippen LogP contribution in [0.3, 0.4) is 0 Å². The molecule has 0 radical (unpaired) electrons. The lowest BCUT2D eigenvalue weighted by Crippen LogP contribution is -2.44. The molecule has 30 heavy (non-hydrogen) atoms. The first kappa shape index (κ1) is 19.9. The van der Waals surface area contributed by atoms with E-state index in [1.54, 1.807) is 13.0 Å². The van der Waals surface area contributed by atoms with Crippen molar-refractivity contribution in [1.29, 1.82) is 0 Å². The molecule has 3 aromatic rings. The van der Waals surface area contributed by atoms with Gasteiger partial charge in [-0.15, -0.1) is 0 Å². The molecule has 0 spiro atoms. The predicted molar refractivity (Wildman–Crippen MR) is 113 cm³/mol. The maximum Gasteiger partial charge on any atom is 0.322 e. The third kappa shape index (κ3) is 4.77. The van der Waals surface area contributed by atoms with Gasteiger partial charge in [-0.05, 0) is 31.2 Å². The van der Waals surface area contributed by atoms with Crippen molar-refractivity contribution in [3.8, 4) is 0 Å². The molecule has 8 nitrogen and oxygen atoms in total. The Morgan fingerprint density at radius 2 is 2.00 bits per heavy atom. The molecule has 1 aromatic heterocycles. The number of nitrogens with zero attached hydrogens (tertiary/aromatic N) is 2. The molecule has 0 bridgehead atoms. The molecule has 1 atom stereocenters. The molecule has 0 aliphatic carbocycles. The molecule has 1 aliphatic rings. The van der Waals surface area contributed by atoms with E-state index in [0.717, 1.165) is 23.6 Å². The van der Waals surface area contributed by atoms with Crippen molar-refractivity contribution in [1.82, 2.24) is 10.1 Å². The maximum atomic E-state index is 13.1. The van der Waals surface area contributed by atoms with Gasteiger partial charge in [-0.25, -0.2) is 4.79 Å². The third-order valence-corrected chi connectivity index (χ3v) is 5.00. The summed E-state index contributed by atoms with van der Waals surface area (Å²) in [4.78, 5) is 27.1. The summed E-state index contributed by atoms with van der Waals surface area (Å²) in [6, 6.07) is 14.8. The highest BCUT2D eigenvalue weighted by Gasteiger charge is 2.25. The Bertz CT molecular complexity index is 1040. The number of ether oxygens (including phenoxy) is 1. The van der Waals surface area contributed by atoms with Crippen LogP contribution >= 0.6 is 0 Å². The molecule has 4 rings (SSSR count). The molecule has 2 aromatic carbocycles. The van der Waals surface area contributed by atoms with E-state index in [9.17, 15) is 9.59 Å². The fourth-order valence-corrected chi connectivity index (χ4v) is 3.56. The van der Waals surface area contributed by atoms with Gasteiger partial charge in [0.15, 0.2) is 5.82 Å². The smallest absolute Gasteiger partial charge is 0.322 e. The number of anilines is 2. The first-order chi connectivity index (χ1) is 14.6. The van der Waals surface area contributed by atoms with Crippen molar-refractivity contribution in [3.05, 3.63) is 54.3 Å². The lowest BCUT2D eigenvalue weighted by Gasteiger charge is -2.25. The highest BCUT2D eigenvalue weighted by atomic mass is 16.5. The Kier molecular flexibility index (Phi) is 5.94. The minimum Gasteiger partial charge on any atom is -0.376 e. The standard InChI is InChI=1S/C22H24N4O4/c1-15-12-20(25-30-15)24-21(27)14-26(13-17-8-5-11-29-17)22(28)23-19-10-4-7-16-6-2-3-9-18(16)19/h2-4,6-7,9-10,12,17H,5,8,11,13-14H2,1H3,(H,23,28)(H,24,25,27). The molecule has 3 amide bonds. The summed E-state index contributed by atoms with van der Waals surface area (Å²) in [6.45, 7) is 2.63. The molecule has 1 aliphatic heterocycles. The number of nitrogens with one attached hydrogen (secondary N) is 2. The van der Waals surface area contributed by atoms with Crippen molar-refractivity contribution in [3.63, 3.8) is 0 Å². The molecule has 1 saturated heterocycles. The number of hydrogen-bond donors (Lipinski definition) is 2. The minimum absolute atomic E-state index is 0.0784. The van der Waals surface area contributed by atoms with Crippen LogP contribution < -0.4 is 10.6 Å². The largest absolute Gasteiger partial charge is 0.376 e. The Morgan fingerprint density at radius 3 is 2.77 bits per heavy atom. The van der Waals surface area contributed by atoms with Crippen LogP contribution in [0.2, 0.25) is 0 Å². The Hall–Kier alpha value is -3.39. The van der Waals surface area contributed by atoms with Crippen molar-refractivity contribution >= 4 is 34.2 Å². The summed E-state index contributed by atoms with van der Waals surface area (Å²) >= 11 is 0. The van der Waals surface area contributed by atoms with E-state index < -0.39 is 0 Å². The monoisotopic (exact) mass is 408 g/mol. The number of benzene rings is 2. The van der Waals surface area contributed by atoms with E-state index in [1.165, 1.54) is 4.90 Å². The molecule has 156 valence electrons. The van der Waals surface area contributed by atoms with Crippen molar-refractivity contribution in [2.45, 2.75) is 25.9 Å². The average molecular weight is 408 g/mol. The number of urea groups is 1. The van der Waals surface area contributed by atoms with Crippen LogP contribution in [-0.4, -0.2) is 47.8 Å². The Labute approximate surface area is 174 Å². The van der Waals surface area contributed by atoms with E-state index in [1.807, 2.05) is 42.5 Å². The zero-order chi connectivity index (χ0) is 20.9. The third-order valence-electron chi connectivity index (χ3n) is 5.00. The average Bonchev–Trinajstić information content (AvgIpc) is 3.39. The number of aryl methyl sites for hydroxylation is 1. The highest BCUT2D eigenvalue weighted by Crippen LogP contribution is 2.23. The van der Waals surface area contributed by atoms with Crippen LogP contribution in [0, 0.1) is 6.92 Å². The number of hydrogen-bond acceptors (Lipinski definition) is 5. The van der Waals surface area contributed by atoms with E-state index in [2.05, 4.69) is 15.8 Å². The summed E-state index contributed by atoms with van der Waals surface area (Å²) in [6.07, 6.45) is 1.74. The van der Waals surface area contributed by atoms with Gasteiger partial charge in [-0.2, -0.15) is 0 Å². The van der Waals surface area contributed by atoms with Gasteiger partial charge in [0, 0.05) is 24.6 Å². The lowest BCUT2D eigenvalue weighted by molar-refractivity contribution is -0.117. The molecular weight excluding hydrogens is 384 g/mol. The second kappa shape index (κ2) is 8.96. The van der Waals surface area contributed by atoms with Gasteiger partial charge in [0.25, 0.3) is 0 Å². The summed E-state index contributed by atoms with van der Waals surface area (Å²) in [7, 11) is 0. The zero-order valence-corrected chi connectivity index (χ0v) is 16.8. The number of amides is 3. The van der Waals surface area contributed by atoms with Gasteiger partial charge < -0.3 is 24.8 Å². The van der Waals surface area contributed by atoms with Crippen LogP contribution in [0.25, 0.3) is 10.8 Å². The Morgan fingerprint density at radius 1 is 1.17 bits per heavy atom. The number of rotatable bonds is 6. The molecule has 0 saturated carbocycles. The molecule has 8 heteroatoms. The number of carbonyl (C=O) groups excluding carboxylic acids is 2. The van der Waals surface area contributed by atoms with Crippen LogP contribution in [-0.2, 0) is 9.53 Å². The highest BCUT2D eigenvalue weighted by molar-refractivity contribution is 6.03. The summed E-state index contributed by atoms with van der Waals surface area (Å²) in [5, 5.41) is 11.3. The number of carbonyl (C=O) groups is 2. The van der Waals surface area contributed by atoms with Gasteiger partial charge >= 0.3 is 6.03 Å². The molecule has 1 unspecified atom stereocenters. The van der Waals surface area contributed by atoms with Gasteiger partial charge in [0.05, 0.1) is 11.8 Å². The SMILES string of the molecule is Cc1cc(NC(=O)CN(CC2CCCO2)C(=O)Nc2cccc3ccccc23)no1. The van der Waals surface area contributed by atoms with Crippen molar-refractivity contribution < 1.29 is 18.8 Å². The van der Waals surface area contributed by atoms with E-state index >= 15 is 0 Å². The lowest BCUT2D eigenvalue weighted by atomic mass is 10.1. The summed E-state index contributed by atoms with van der Waals surface area (Å²) < 4.78 is 10.6. The molecule has 2 N–H and O–H groups in total. The van der Waals surface area contributed by atoms with Gasteiger partial charge in [0.2, 0.25) is 5.91 Å². The van der Waals surface area contributed by atoms with Crippen LogP contribution in [0.5, 0.6) is 0 Å². The first-order valence-electron chi connectivity index (χ1n) is 9.97. The zero-order valence-electron chi connectivity index (χ0n) is 16.8. The summed E-state index contributed by atoms with van der Waals surface area (Å²) in [5.41, 5.74) is 0.697. The minimum atomic E-state index is -0.353. The van der Waals surface area contributed by atoms with Crippen LogP contribution in [0.4, 0.5) is 16.3 Å². The van der Waals surface area contributed by atoms with Crippen LogP contribution in [0.15, 0.2) is 53.1 Å². The quantitative estimate of drug-likeness (QED) is 0.647. The number of aromatic nitrogens is 1. The van der Waals surface area contributed by atoms with Crippen molar-refractivity contribution in [2.24, 2.45) is 0 Å². The maximum absolute atomic E-state index is 13.1. The topological polar surface area (TPSA) is 96.7 Å². The first-order valence-corrected chi connectivity index (χ1v) is 9.97. The summed E-state index contributed by atoms with van der Waals surface area (Å²) in [5.74, 6) is 0.564. The van der Waals surface area contributed by atoms with Crippen molar-refractivity contribution in [2.75, 3.05) is 30.3 Å². The second-order valence-corrected chi connectivity index (χ2v) is 7.34. The van der Waals surface area contributed by atoms with Gasteiger partial charge in [-0.1, -0.05) is 41.6 Å². The fraction of sp³-hybridized carbons (Fsp3) is 0.318. The normalized spacial score (nSPS) is 15.8. The Balaban J connectivity index is 1.49. The van der Waals surface area contributed by atoms with Gasteiger partial charge in [-0.3, -0.25) is 4.79 Å². The van der Waals surface area contributed by atoms with Crippen LogP contribution in [0.1, 0.15) is 18.6 Å². The van der Waals surface area contributed by atoms with E-state index in [4.69, 9.17) is 9.26 Å². The molecular formula is C22H24N4O4. The number of fused-ring (bicyclic) bond motifs is 1. The predicted octanol–water partition coefficient (Wildman–Crippen LogP) is 3.79. The van der Waals surface area contributed by atoms with Gasteiger partial charge in [0.1, 0.15) is 12.3 Å². The van der Waals surface area contributed by atoms with E-state index in [-0.39, 0.29) is 24.6 Å². The fourth-order valence-electron chi connectivity index (χ4n) is 3.56. The van der Waals surface area contributed by atoms with E-state index in [0.29, 0.717) is 30.4 Å². The molecule has 1 fully saturated rings. The molecule has 2 heterocycles.